The predicted octanol–water partition coefficient (Wildman–Crippen LogP) is 4.70. The van der Waals surface area contributed by atoms with E-state index in [1.807, 2.05) is 6.92 Å². The second-order valence-electron chi connectivity index (χ2n) is 6.98. The largest absolute Gasteiger partial charge is 0.489 e. The molecule has 0 unspecified atom stereocenters. The van der Waals surface area contributed by atoms with Gasteiger partial charge in [0.2, 0.25) is 9.84 Å². The third-order valence-electron chi connectivity index (χ3n) is 4.69. The van der Waals surface area contributed by atoms with E-state index in [9.17, 15) is 18.5 Å². The molecule has 0 N–H and O–H groups in total. The van der Waals surface area contributed by atoms with E-state index in [-0.39, 0.29) is 9.80 Å². The minimum Gasteiger partial charge on any atom is -0.489 e. The molecular formula is C25H21NO5S. The fourth-order valence-electron chi connectivity index (χ4n) is 2.85. The highest BCUT2D eigenvalue weighted by molar-refractivity contribution is 7.95. The zero-order chi connectivity index (χ0) is 23.1. The number of benzene rings is 3. The molecule has 0 aliphatic rings. The van der Waals surface area contributed by atoms with Crippen molar-refractivity contribution in [2.24, 2.45) is 0 Å². The minimum absolute atomic E-state index is 0.0778. The van der Waals surface area contributed by atoms with Crippen molar-refractivity contribution in [1.29, 1.82) is 5.26 Å². The van der Waals surface area contributed by atoms with Gasteiger partial charge >= 0.3 is 5.97 Å². The third kappa shape index (κ3) is 5.42. The van der Waals surface area contributed by atoms with Gasteiger partial charge in [0.05, 0.1) is 17.6 Å². The number of carbonyl (C=O) groups is 1. The van der Waals surface area contributed by atoms with E-state index in [2.05, 4.69) is 4.74 Å². The molecule has 3 aromatic rings. The zero-order valence-corrected chi connectivity index (χ0v) is 18.4. The lowest BCUT2D eigenvalue weighted by Crippen LogP contribution is -2.03. The van der Waals surface area contributed by atoms with Crippen molar-refractivity contribution >= 4 is 21.9 Å². The first-order valence-corrected chi connectivity index (χ1v) is 11.2. The van der Waals surface area contributed by atoms with E-state index in [0.29, 0.717) is 23.5 Å². The number of aryl methyl sites for hydroxylation is 1. The standard InChI is InChI=1S/C25H21NO5S/c1-18-3-13-23(14-4-18)32(28,29)24(16-26)15-19-7-11-22(12-8-19)31-17-20-5-9-21(10-6-20)25(27)30-2/h3-15H,17H2,1-2H3. The fourth-order valence-corrected chi connectivity index (χ4v) is 4.01. The van der Waals surface area contributed by atoms with Crippen LogP contribution < -0.4 is 4.74 Å². The molecule has 0 aliphatic heterocycles. The van der Waals surface area contributed by atoms with Gasteiger partial charge in [0.15, 0.2) is 0 Å². The van der Waals surface area contributed by atoms with Crippen LogP contribution in [0.1, 0.15) is 27.0 Å². The summed E-state index contributed by atoms with van der Waals surface area (Å²) in [5.41, 5.74) is 2.83. The molecule has 0 saturated carbocycles. The predicted molar refractivity (Wildman–Crippen MR) is 121 cm³/mol. The Morgan fingerprint density at radius 1 is 0.969 bits per heavy atom. The lowest BCUT2D eigenvalue weighted by molar-refractivity contribution is 0.0600. The van der Waals surface area contributed by atoms with Crippen LogP contribution in [0.15, 0.2) is 82.6 Å². The summed E-state index contributed by atoms with van der Waals surface area (Å²) >= 11 is 0. The van der Waals surface area contributed by atoms with Gasteiger partial charge < -0.3 is 9.47 Å². The average molecular weight is 448 g/mol. The minimum atomic E-state index is -3.90. The molecular weight excluding hydrogens is 426 g/mol. The average Bonchev–Trinajstić information content (AvgIpc) is 2.82. The summed E-state index contributed by atoms with van der Waals surface area (Å²) < 4.78 is 35.9. The van der Waals surface area contributed by atoms with Crippen LogP contribution in [-0.2, 0) is 21.2 Å². The molecule has 0 radical (unpaired) electrons. The monoisotopic (exact) mass is 447 g/mol. The topological polar surface area (TPSA) is 93.5 Å². The number of carbonyl (C=O) groups excluding carboxylic acids is 1. The lowest BCUT2D eigenvalue weighted by Gasteiger charge is -2.08. The molecule has 32 heavy (non-hydrogen) atoms. The van der Waals surface area contributed by atoms with Gasteiger partial charge in [-0.15, -0.1) is 0 Å². The Morgan fingerprint density at radius 2 is 1.59 bits per heavy atom. The molecule has 0 amide bonds. The molecule has 0 aromatic heterocycles. The Labute approximate surface area is 187 Å². The summed E-state index contributed by atoms with van der Waals surface area (Å²) in [6.07, 6.45) is 1.34. The maximum absolute atomic E-state index is 12.7. The first-order chi connectivity index (χ1) is 15.3. The number of nitriles is 1. The number of hydrogen-bond acceptors (Lipinski definition) is 6. The lowest BCUT2D eigenvalue weighted by atomic mass is 10.1. The Balaban J connectivity index is 1.70. The molecule has 0 heterocycles. The summed E-state index contributed by atoms with van der Waals surface area (Å²) in [6, 6.07) is 21.8. The van der Waals surface area contributed by atoms with Gasteiger partial charge in [-0.3, -0.25) is 0 Å². The van der Waals surface area contributed by atoms with Crippen LogP contribution in [0.4, 0.5) is 0 Å². The normalized spacial score (nSPS) is 11.5. The number of methoxy groups -OCH3 is 1. The fraction of sp³-hybridized carbons (Fsp3) is 0.120. The highest BCUT2D eigenvalue weighted by Crippen LogP contribution is 2.23. The van der Waals surface area contributed by atoms with E-state index >= 15 is 0 Å². The molecule has 3 aromatic carbocycles. The number of allylic oxidation sites excluding steroid dienone is 1. The van der Waals surface area contributed by atoms with Gasteiger partial charge in [0.25, 0.3) is 0 Å². The van der Waals surface area contributed by atoms with Crippen LogP contribution in [-0.4, -0.2) is 21.5 Å². The smallest absolute Gasteiger partial charge is 0.337 e. The number of rotatable bonds is 7. The first kappa shape index (κ1) is 22.8. The third-order valence-corrected chi connectivity index (χ3v) is 6.37. The van der Waals surface area contributed by atoms with Gasteiger partial charge in [0.1, 0.15) is 23.3 Å². The summed E-state index contributed by atoms with van der Waals surface area (Å²) in [4.78, 5) is 11.2. The Kier molecular flexibility index (Phi) is 7.08. The summed E-state index contributed by atoms with van der Waals surface area (Å²) in [5.74, 6) is 0.182. The summed E-state index contributed by atoms with van der Waals surface area (Å²) in [7, 11) is -2.57. The maximum Gasteiger partial charge on any atom is 0.337 e. The van der Waals surface area contributed by atoms with Crippen LogP contribution >= 0.6 is 0 Å². The second-order valence-corrected chi connectivity index (χ2v) is 8.90. The molecule has 7 heteroatoms. The van der Waals surface area contributed by atoms with Gasteiger partial charge in [-0.05, 0) is 60.5 Å². The number of sulfone groups is 1. The second kappa shape index (κ2) is 9.94. The summed E-state index contributed by atoms with van der Waals surface area (Å²) in [5, 5.41) is 9.42. The van der Waals surface area contributed by atoms with Crippen molar-refractivity contribution < 1.29 is 22.7 Å². The SMILES string of the molecule is COC(=O)c1ccc(COc2ccc(C=C(C#N)S(=O)(=O)c3ccc(C)cc3)cc2)cc1. The van der Waals surface area contributed by atoms with Gasteiger partial charge in [0, 0.05) is 0 Å². The molecule has 0 atom stereocenters. The number of esters is 1. The Bertz CT molecular complexity index is 1270. The van der Waals surface area contributed by atoms with Crippen molar-refractivity contribution in [2.45, 2.75) is 18.4 Å². The van der Waals surface area contributed by atoms with E-state index in [1.54, 1.807) is 66.7 Å². The van der Waals surface area contributed by atoms with E-state index in [0.717, 1.165) is 11.1 Å². The van der Waals surface area contributed by atoms with Crippen molar-refractivity contribution in [1.82, 2.24) is 0 Å². The van der Waals surface area contributed by atoms with E-state index in [1.165, 1.54) is 25.3 Å². The van der Waals surface area contributed by atoms with Crippen molar-refractivity contribution in [3.8, 4) is 11.8 Å². The quantitative estimate of drug-likeness (QED) is 0.385. The summed E-state index contributed by atoms with van der Waals surface area (Å²) in [6.45, 7) is 2.15. The molecule has 3 rings (SSSR count). The van der Waals surface area contributed by atoms with Crippen LogP contribution in [0.3, 0.4) is 0 Å². The van der Waals surface area contributed by atoms with Crippen LogP contribution in [0.2, 0.25) is 0 Å². The van der Waals surface area contributed by atoms with Crippen molar-refractivity contribution in [3.63, 3.8) is 0 Å². The molecule has 162 valence electrons. The van der Waals surface area contributed by atoms with Gasteiger partial charge in [-0.25, -0.2) is 13.2 Å². The van der Waals surface area contributed by atoms with E-state index in [4.69, 9.17) is 4.74 Å². The van der Waals surface area contributed by atoms with Crippen LogP contribution in [0.5, 0.6) is 5.75 Å². The van der Waals surface area contributed by atoms with Gasteiger partial charge in [-0.1, -0.05) is 42.0 Å². The Morgan fingerprint density at radius 3 is 2.16 bits per heavy atom. The van der Waals surface area contributed by atoms with Crippen LogP contribution in [0.25, 0.3) is 6.08 Å². The van der Waals surface area contributed by atoms with Gasteiger partial charge in [-0.2, -0.15) is 5.26 Å². The van der Waals surface area contributed by atoms with E-state index < -0.39 is 15.8 Å². The van der Waals surface area contributed by atoms with Crippen molar-refractivity contribution in [3.05, 3.63) is 100.0 Å². The Hall–Kier alpha value is -3.89. The molecule has 6 nitrogen and oxygen atoms in total. The molecule has 0 aliphatic carbocycles. The molecule has 0 spiro atoms. The molecule has 0 fully saturated rings. The number of ether oxygens (including phenoxy) is 2. The highest BCUT2D eigenvalue weighted by Gasteiger charge is 2.20. The first-order valence-electron chi connectivity index (χ1n) is 9.67. The maximum atomic E-state index is 12.7. The number of hydrogen-bond donors (Lipinski definition) is 0. The highest BCUT2D eigenvalue weighted by atomic mass is 32.2. The zero-order valence-electron chi connectivity index (χ0n) is 17.6. The van der Waals surface area contributed by atoms with Crippen molar-refractivity contribution in [2.75, 3.05) is 7.11 Å². The molecule has 0 bridgehead atoms. The molecule has 0 saturated heterocycles. The van der Waals surface area contributed by atoms with Crippen LogP contribution in [0, 0.1) is 18.3 Å². The number of nitrogens with zero attached hydrogens (tertiary/aromatic N) is 1.